The second kappa shape index (κ2) is 5.44. The smallest absolute Gasteiger partial charge is 0.308 e. The van der Waals surface area contributed by atoms with E-state index in [9.17, 15) is 9.59 Å². The predicted molar refractivity (Wildman–Crippen MR) is 74.4 cm³/mol. The van der Waals surface area contributed by atoms with Crippen molar-refractivity contribution in [3.05, 3.63) is 60.1 Å². The first kappa shape index (κ1) is 13.4. The molecule has 0 aliphatic carbocycles. The quantitative estimate of drug-likeness (QED) is 0.935. The molecule has 1 aliphatic rings. The molecule has 5 heteroatoms. The fourth-order valence-electron chi connectivity index (χ4n) is 2.73. The molecule has 0 radical (unpaired) electrons. The van der Waals surface area contributed by atoms with Crippen LogP contribution in [0.5, 0.6) is 0 Å². The maximum absolute atomic E-state index is 12.2. The van der Waals surface area contributed by atoms with Gasteiger partial charge < -0.3 is 14.4 Å². The van der Waals surface area contributed by atoms with Gasteiger partial charge in [-0.25, -0.2) is 0 Å². The summed E-state index contributed by atoms with van der Waals surface area (Å²) in [7, 11) is 0. The van der Waals surface area contributed by atoms with Crippen LogP contribution in [0.1, 0.15) is 23.8 Å². The van der Waals surface area contributed by atoms with Crippen molar-refractivity contribution < 1.29 is 19.1 Å². The Morgan fingerprint density at radius 2 is 2.00 bits per heavy atom. The summed E-state index contributed by atoms with van der Waals surface area (Å²) in [4.78, 5) is 24.9. The van der Waals surface area contributed by atoms with E-state index < -0.39 is 11.9 Å². The molecule has 1 aromatic carbocycles. The topological polar surface area (TPSA) is 70.8 Å². The monoisotopic (exact) mass is 285 g/mol. The van der Waals surface area contributed by atoms with E-state index in [0.29, 0.717) is 5.76 Å². The van der Waals surface area contributed by atoms with Gasteiger partial charge in [-0.3, -0.25) is 9.59 Å². The molecular formula is C16H15NO4. The summed E-state index contributed by atoms with van der Waals surface area (Å²) in [5.41, 5.74) is 0.909. The molecule has 1 amide bonds. The number of likely N-dealkylation sites (tertiary alicyclic amines) is 1. The Kier molecular flexibility index (Phi) is 3.48. The van der Waals surface area contributed by atoms with E-state index in [1.807, 2.05) is 30.3 Å². The molecule has 2 atom stereocenters. The fraction of sp³-hybridized carbons (Fsp3) is 0.250. The van der Waals surface area contributed by atoms with Gasteiger partial charge in [0.2, 0.25) is 5.91 Å². The van der Waals surface area contributed by atoms with Gasteiger partial charge in [0, 0.05) is 13.0 Å². The minimum Gasteiger partial charge on any atom is -0.481 e. The molecular weight excluding hydrogens is 270 g/mol. The molecule has 2 aromatic rings. The molecule has 21 heavy (non-hydrogen) atoms. The fourth-order valence-corrected chi connectivity index (χ4v) is 2.73. The number of benzene rings is 1. The number of rotatable bonds is 4. The third-order valence-corrected chi connectivity index (χ3v) is 3.75. The van der Waals surface area contributed by atoms with Crippen LogP contribution >= 0.6 is 0 Å². The van der Waals surface area contributed by atoms with Crippen LogP contribution in [0.4, 0.5) is 0 Å². The van der Waals surface area contributed by atoms with Crippen LogP contribution in [0, 0.1) is 5.92 Å². The Labute approximate surface area is 121 Å². The van der Waals surface area contributed by atoms with Gasteiger partial charge in [-0.1, -0.05) is 30.3 Å². The van der Waals surface area contributed by atoms with Gasteiger partial charge in [0.05, 0.1) is 12.2 Å². The van der Waals surface area contributed by atoms with E-state index >= 15 is 0 Å². The zero-order chi connectivity index (χ0) is 14.8. The lowest BCUT2D eigenvalue weighted by Crippen LogP contribution is -2.31. The van der Waals surface area contributed by atoms with Crippen LogP contribution < -0.4 is 0 Å². The second-order valence-electron chi connectivity index (χ2n) is 5.11. The Morgan fingerprint density at radius 3 is 2.57 bits per heavy atom. The van der Waals surface area contributed by atoms with Gasteiger partial charge in [0.15, 0.2) is 0 Å². The molecule has 5 nitrogen and oxygen atoms in total. The lowest BCUT2D eigenvalue weighted by molar-refractivity contribution is -0.141. The van der Waals surface area contributed by atoms with Crippen molar-refractivity contribution >= 4 is 11.9 Å². The Bertz CT molecular complexity index is 636. The lowest BCUT2D eigenvalue weighted by atomic mass is 10.0. The number of hydrogen-bond acceptors (Lipinski definition) is 3. The summed E-state index contributed by atoms with van der Waals surface area (Å²) in [6.45, 7) is 0.203. The van der Waals surface area contributed by atoms with Crippen molar-refractivity contribution in [3.8, 4) is 0 Å². The van der Waals surface area contributed by atoms with Crippen LogP contribution in [-0.4, -0.2) is 28.4 Å². The van der Waals surface area contributed by atoms with Crippen LogP contribution in [-0.2, 0) is 9.59 Å². The summed E-state index contributed by atoms with van der Waals surface area (Å²) in [6, 6.07) is 12.7. The third-order valence-electron chi connectivity index (χ3n) is 3.75. The number of carboxylic acid groups (broad SMARTS) is 1. The highest BCUT2D eigenvalue weighted by Gasteiger charge is 2.39. The summed E-state index contributed by atoms with van der Waals surface area (Å²) in [5, 5.41) is 9.13. The van der Waals surface area contributed by atoms with Crippen LogP contribution in [0.2, 0.25) is 0 Å². The highest BCUT2D eigenvalue weighted by molar-refractivity contribution is 5.86. The van der Waals surface area contributed by atoms with Crippen molar-refractivity contribution in [2.75, 3.05) is 6.54 Å². The summed E-state index contributed by atoms with van der Waals surface area (Å²) in [6.07, 6.45) is 1.60. The van der Waals surface area contributed by atoms with E-state index in [4.69, 9.17) is 9.52 Å². The number of nitrogens with zero attached hydrogens (tertiary/aromatic N) is 1. The molecule has 3 rings (SSSR count). The number of furan rings is 1. The third kappa shape index (κ3) is 2.54. The van der Waals surface area contributed by atoms with Crippen LogP contribution in [0.15, 0.2) is 53.1 Å². The first-order valence-electron chi connectivity index (χ1n) is 6.77. The number of carbonyl (C=O) groups excluding carboxylic acids is 1. The Hall–Kier alpha value is -2.56. The Balaban J connectivity index is 1.97. The maximum atomic E-state index is 12.2. The number of aliphatic carboxylic acids is 1. The second-order valence-corrected chi connectivity index (χ2v) is 5.11. The molecule has 108 valence electrons. The number of carbonyl (C=O) groups is 2. The summed E-state index contributed by atoms with van der Waals surface area (Å²) >= 11 is 0. The van der Waals surface area contributed by atoms with Crippen LogP contribution in [0.3, 0.4) is 0 Å². The standard InChI is InChI=1S/C16H15NO4/c18-14-9-12(16(19)20)10-17(14)15(13-7-4-8-21-13)11-5-2-1-3-6-11/h1-8,12,15H,9-10H2,(H,19,20). The molecule has 1 aliphatic heterocycles. The zero-order valence-electron chi connectivity index (χ0n) is 11.3. The molecule has 1 aromatic heterocycles. The van der Waals surface area contributed by atoms with Crippen molar-refractivity contribution in [1.29, 1.82) is 0 Å². The predicted octanol–water partition coefficient (Wildman–Crippen LogP) is 2.30. The number of hydrogen-bond donors (Lipinski definition) is 1. The molecule has 0 saturated carbocycles. The first-order chi connectivity index (χ1) is 10.2. The molecule has 0 bridgehead atoms. The van der Waals surface area contributed by atoms with E-state index in [1.165, 1.54) is 0 Å². The normalized spacial score (nSPS) is 19.7. The molecule has 1 N–H and O–H groups in total. The highest BCUT2D eigenvalue weighted by Crippen LogP contribution is 2.34. The van der Waals surface area contributed by atoms with E-state index in [1.54, 1.807) is 23.3 Å². The van der Waals surface area contributed by atoms with E-state index in [0.717, 1.165) is 5.56 Å². The minimum atomic E-state index is -0.933. The molecule has 0 spiro atoms. The van der Waals surface area contributed by atoms with Crippen molar-refractivity contribution in [2.45, 2.75) is 12.5 Å². The summed E-state index contributed by atoms with van der Waals surface area (Å²) < 4.78 is 5.47. The van der Waals surface area contributed by atoms with Crippen molar-refractivity contribution in [3.63, 3.8) is 0 Å². The molecule has 2 unspecified atom stereocenters. The summed E-state index contributed by atoms with van der Waals surface area (Å²) in [5.74, 6) is -1.11. The molecule has 1 fully saturated rings. The van der Waals surface area contributed by atoms with Gasteiger partial charge in [-0.15, -0.1) is 0 Å². The zero-order valence-corrected chi connectivity index (χ0v) is 11.3. The average Bonchev–Trinajstić information content (AvgIpc) is 3.12. The van der Waals surface area contributed by atoms with Gasteiger partial charge in [-0.2, -0.15) is 0 Å². The van der Waals surface area contributed by atoms with Gasteiger partial charge in [-0.05, 0) is 17.7 Å². The molecule has 2 heterocycles. The number of carboxylic acids is 1. The maximum Gasteiger partial charge on any atom is 0.308 e. The first-order valence-corrected chi connectivity index (χ1v) is 6.77. The van der Waals surface area contributed by atoms with Crippen LogP contribution in [0.25, 0.3) is 0 Å². The van der Waals surface area contributed by atoms with Gasteiger partial charge in [0.1, 0.15) is 11.8 Å². The van der Waals surface area contributed by atoms with E-state index in [-0.39, 0.29) is 24.9 Å². The Morgan fingerprint density at radius 1 is 1.24 bits per heavy atom. The van der Waals surface area contributed by atoms with Gasteiger partial charge >= 0.3 is 5.97 Å². The highest BCUT2D eigenvalue weighted by atomic mass is 16.4. The largest absolute Gasteiger partial charge is 0.481 e. The number of amides is 1. The van der Waals surface area contributed by atoms with Crippen molar-refractivity contribution in [2.24, 2.45) is 5.92 Å². The minimum absolute atomic E-state index is 0.0410. The van der Waals surface area contributed by atoms with Crippen molar-refractivity contribution in [1.82, 2.24) is 4.90 Å². The lowest BCUT2D eigenvalue weighted by Gasteiger charge is -2.26. The van der Waals surface area contributed by atoms with E-state index in [2.05, 4.69) is 0 Å². The SMILES string of the molecule is O=C(O)C1CC(=O)N(C(c2ccccc2)c2ccco2)C1. The average molecular weight is 285 g/mol. The van der Waals surface area contributed by atoms with Gasteiger partial charge in [0.25, 0.3) is 0 Å². The molecule has 1 saturated heterocycles.